The normalized spacial score (nSPS) is 25.9. The van der Waals surface area contributed by atoms with Crippen molar-refractivity contribution in [1.29, 1.82) is 0 Å². The first-order valence-electron chi connectivity index (χ1n) is 8.10. The predicted molar refractivity (Wildman–Crippen MR) is 83.0 cm³/mol. The number of hydrogen-bond donors (Lipinski definition) is 2. The van der Waals surface area contributed by atoms with Gasteiger partial charge in [0.25, 0.3) is 5.91 Å². The molecule has 2 N–H and O–H groups in total. The smallest absolute Gasteiger partial charge is 0.309 e. The van der Waals surface area contributed by atoms with Crippen LogP contribution in [0, 0.1) is 11.8 Å². The van der Waals surface area contributed by atoms with Crippen LogP contribution in [0.1, 0.15) is 27.7 Å². The largest absolute Gasteiger partial charge is 0.465 e. The molecule has 25 heavy (non-hydrogen) atoms. The van der Waals surface area contributed by atoms with Crippen LogP contribution in [0.15, 0.2) is 24.4 Å². The molecule has 1 saturated heterocycles. The second-order valence-corrected chi connectivity index (χ2v) is 6.43. The first-order valence-corrected chi connectivity index (χ1v) is 8.10. The molecule has 0 spiro atoms. The molecule has 1 aromatic carbocycles. The lowest BCUT2D eigenvalue weighted by molar-refractivity contribution is -0.141. The lowest BCUT2D eigenvalue weighted by Crippen LogP contribution is -2.40. The van der Waals surface area contributed by atoms with Gasteiger partial charge in [-0.3, -0.25) is 14.7 Å². The SMILES string of the molecule is O=C(NC1c2cc3c(cc2C[C@H]2C(=O)OCC12)OCO3)c1ccn[nH]1. The molecular formula is C17H15N3O5. The molecular weight excluding hydrogens is 326 g/mol. The Bertz CT molecular complexity index is 863. The topological polar surface area (TPSA) is 103 Å². The fourth-order valence-corrected chi connectivity index (χ4v) is 3.86. The number of ether oxygens (including phenoxy) is 3. The van der Waals surface area contributed by atoms with Gasteiger partial charge in [0.15, 0.2) is 11.5 Å². The Balaban J connectivity index is 1.55. The molecule has 2 aromatic rings. The van der Waals surface area contributed by atoms with E-state index in [0.29, 0.717) is 30.2 Å². The van der Waals surface area contributed by atoms with Crippen LogP contribution in [-0.2, 0) is 16.0 Å². The third-order valence-corrected chi connectivity index (χ3v) is 5.11. The fraction of sp³-hybridized carbons (Fsp3) is 0.353. The van der Waals surface area contributed by atoms with Crippen molar-refractivity contribution >= 4 is 11.9 Å². The Kier molecular flexibility index (Phi) is 3.00. The Morgan fingerprint density at radius 3 is 2.88 bits per heavy atom. The molecule has 0 radical (unpaired) electrons. The van der Waals surface area contributed by atoms with Crippen LogP contribution < -0.4 is 14.8 Å². The van der Waals surface area contributed by atoms with Gasteiger partial charge in [-0.05, 0) is 35.7 Å². The summed E-state index contributed by atoms with van der Waals surface area (Å²) < 4.78 is 16.2. The third-order valence-electron chi connectivity index (χ3n) is 5.11. The molecule has 2 aliphatic heterocycles. The van der Waals surface area contributed by atoms with Gasteiger partial charge in [-0.15, -0.1) is 0 Å². The summed E-state index contributed by atoms with van der Waals surface area (Å²) in [6.07, 6.45) is 2.10. The molecule has 0 bridgehead atoms. The number of cyclic esters (lactones) is 1. The van der Waals surface area contributed by atoms with Crippen molar-refractivity contribution in [3.05, 3.63) is 41.2 Å². The van der Waals surface area contributed by atoms with E-state index in [-0.39, 0.29) is 36.5 Å². The number of amides is 1. The summed E-state index contributed by atoms with van der Waals surface area (Å²) in [5.41, 5.74) is 2.28. The second-order valence-electron chi connectivity index (χ2n) is 6.43. The van der Waals surface area contributed by atoms with E-state index in [0.717, 1.165) is 11.1 Å². The summed E-state index contributed by atoms with van der Waals surface area (Å²) in [5, 5.41) is 9.48. The van der Waals surface area contributed by atoms with Crippen molar-refractivity contribution < 1.29 is 23.8 Å². The number of nitrogens with zero attached hydrogens (tertiary/aromatic N) is 1. The number of esters is 1. The van der Waals surface area contributed by atoms with Gasteiger partial charge in [0.05, 0.1) is 18.6 Å². The van der Waals surface area contributed by atoms with Gasteiger partial charge >= 0.3 is 5.97 Å². The van der Waals surface area contributed by atoms with Crippen LogP contribution >= 0.6 is 0 Å². The van der Waals surface area contributed by atoms with Gasteiger partial charge in [0.1, 0.15) is 5.69 Å². The highest BCUT2D eigenvalue weighted by atomic mass is 16.7. The number of nitrogens with one attached hydrogen (secondary N) is 2. The van der Waals surface area contributed by atoms with Crippen LogP contribution in [0.5, 0.6) is 11.5 Å². The molecule has 1 aliphatic carbocycles. The summed E-state index contributed by atoms with van der Waals surface area (Å²) in [4.78, 5) is 24.6. The number of H-pyrrole nitrogens is 1. The van der Waals surface area contributed by atoms with E-state index in [4.69, 9.17) is 14.2 Å². The van der Waals surface area contributed by atoms with Gasteiger partial charge < -0.3 is 19.5 Å². The molecule has 1 amide bonds. The average molecular weight is 341 g/mol. The van der Waals surface area contributed by atoms with Gasteiger partial charge in [0.2, 0.25) is 6.79 Å². The van der Waals surface area contributed by atoms with E-state index in [9.17, 15) is 9.59 Å². The maximum absolute atomic E-state index is 12.5. The number of aromatic nitrogens is 2. The lowest BCUT2D eigenvalue weighted by atomic mass is 9.74. The number of rotatable bonds is 2. The van der Waals surface area contributed by atoms with Gasteiger partial charge in [-0.2, -0.15) is 5.10 Å². The van der Waals surface area contributed by atoms with E-state index < -0.39 is 0 Å². The van der Waals surface area contributed by atoms with E-state index in [2.05, 4.69) is 15.5 Å². The number of aromatic amines is 1. The predicted octanol–water partition coefficient (Wildman–Crippen LogP) is 0.955. The van der Waals surface area contributed by atoms with Crippen molar-refractivity contribution in [3.63, 3.8) is 0 Å². The van der Waals surface area contributed by atoms with Gasteiger partial charge in [0, 0.05) is 12.1 Å². The standard InChI is InChI=1S/C17H15N3O5/c21-16(12-1-2-18-20-12)19-15-9-5-14-13(24-7-25-14)4-8(9)3-10-11(15)6-23-17(10)22/h1-2,4-5,10-11,15H,3,6-7H2,(H,18,20)(H,19,21)/t10-,11?,15?/m1/s1. The minimum atomic E-state index is -0.342. The quantitative estimate of drug-likeness (QED) is 0.789. The number of carbonyl (C=O) groups excluding carboxylic acids is 2. The summed E-state index contributed by atoms with van der Waals surface area (Å²) in [6.45, 7) is 0.476. The fourth-order valence-electron chi connectivity index (χ4n) is 3.86. The van der Waals surface area contributed by atoms with Crippen molar-refractivity contribution in [2.75, 3.05) is 13.4 Å². The maximum atomic E-state index is 12.5. The first-order chi connectivity index (χ1) is 12.2. The molecule has 2 unspecified atom stereocenters. The lowest BCUT2D eigenvalue weighted by Gasteiger charge is -2.33. The highest BCUT2D eigenvalue weighted by molar-refractivity contribution is 5.92. The van der Waals surface area contributed by atoms with Crippen molar-refractivity contribution in [1.82, 2.24) is 15.5 Å². The third kappa shape index (κ3) is 2.17. The average Bonchev–Trinajstić information content (AvgIpc) is 3.34. The Hall–Kier alpha value is -3.03. The van der Waals surface area contributed by atoms with E-state index >= 15 is 0 Å². The van der Waals surface area contributed by atoms with Crippen molar-refractivity contribution in [2.24, 2.45) is 11.8 Å². The molecule has 3 aliphatic rings. The number of hydrogen-bond acceptors (Lipinski definition) is 6. The molecule has 128 valence electrons. The maximum Gasteiger partial charge on any atom is 0.309 e. The minimum absolute atomic E-state index is 0.104. The van der Waals surface area contributed by atoms with E-state index in [1.165, 1.54) is 6.20 Å². The molecule has 8 heteroatoms. The number of benzene rings is 1. The minimum Gasteiger partial charge on any atom is -0.465 e. The Labute approximate surface area is 142 Å². The van der Waals surface area contributed by atoms with Gasteiger partial charge in [-0.25, -0.2) is 0 Å². The summed E-state index contributed by atoms with van der Waals surface area (Å²) >= 11 is 0. The summed E-state index contributed by atoms with van der Waals surface area (Å²) in [5.74, 6) is 0.470. The Morgan fingerprint density at radius 2 is 2.08 bits per heavy atom. The van der Waals surface area contributed by atoms with Crippen LogP contribution in [0.25, 0.3) is 0 Å². The molecule has 0 saturated carbocycles. The Morgan fingerprint density at radius 1 is 1.24 bits per heavy atom. The van der Waals surface area contributed by atoms with Crippen LogP contribution in [0.2, 0.25) is 0 Å². The van der Waals surface area contributed by atoms with Crippen LogP contribution in [-0.4, -0.2) is 35.5 Å². The van der Waals surface area contributed by atoms with Gasteiger partial charge in [-0.1, -0.05) is 0 Å². The second kappa shape index (κ2) is 5.23. The van der Waals surface area contributed by atoms with Crippen LogP contribution in [0.4, 0.5) is 0 Å². The zero-order chi connectivity index (χ0) is 17.0. The summed E-state index contributed by atoms with van der Waals surface area (Å²) in [7, 11) is 0. The number of fused-ring (bicyclic) bond motifs is 3. The summed E-state index contributed by atoms with van der Waals surface area (Å²) in [6, 6.07) is 5.06. The van der Waals surface area contributed by atoms with Crippen LogP contribution in [0.3, 0.4) is 0 Å². The molecule has 3 atom stereocenters. The molecule has 1 fully saturated rings. The molecule has 5 rings (SSSR count). The van der Waals surface area contributed by atoms with Crippen molar-refractivity contribution in [2.45, 2.75) is 12.5 Å². The molecule has 8 nitrogen and oxygen atoms in total. The van der Waals surface area contributed by atoms with E-state index in [1.807, 2.05) is 12.1 Å². The highest BCUT2D eigenvalue weighted by Crippen LogP contribution is 2.46. The zero-order valence-electron chi connectivity index (χ0n) is 13.2. The van der Waals surface area contributed by atoms with E-state index in [1.54, 1.807) is 6.07 Å². The molecule has 1 aromatic heterocycles. The molecule has 3 heterocycles. The number of carbonyl (C=O) groups is 2. The van der Waals surface area contributed by atoms with Crippen molar-refractivity contribution in [3.8, 4) is 11.5 Å². The highest BCUT2D eigenvalue weighted by Gasteiger charge is 2.47. The zero-order valence-corrected chi connectivity index (χ0v) is 13.2. The first kappa shape index (κ1) is 14.3. The monoisotopic (exact) mass is 341 g/mol.